The molecule has 0 spiro atoms. The Balaban J connectivity index is 2.64. The molecular formula is C17H23Cl5F2N4O. The number of benzene rings is 1. The minimum atomic E-state index is -1.56. The van der Waals surface area contributed by atoms with E-state index in [1.165, 1.54) is 0 Å². The molecule has 1 rings (SSSR count). The average Bonchev–Trinajstić information content (AvgIpc) is 2.67. The molecule has 166 valence electrons. The van der Waals surface area contributed by atoms with Crippen molar-refractivity contribution in [3.8, 4) is 0 Å². The molecule has 29 heavy (non-hydrogen) atoms. The number of halogens is 7. The number of carbonyl (C=O) groups is 1. The highest BCUT2D eigenvalue weighted by Gasteiger charge is 2.19. The second-order valence-corrected chi connectivity index (χ2v) is 7.99. The first-order chi connectivity index (χ1) is 13.8. The van der Waals surface area contributed by atoms with Crippen LogP contribution in [0.15, 0.2) is 18.2 Å². The normalized spacial score (nSPS) is 15.7. The summed E-state index contributed by atoms with van der Waals surface area (Å²) < 4.78 is 26.2. The van der Waals surface area contributed by atoms with E-state index in [1.807, 2.05) is 0 Å². The van der Waals surface area contributed by atoms with Gasteiger partial charge >= 0.3 is 0 Å². The van der Waals surface area contributed by atoms with Crippen LogP contribution < -0.4 is 21.7 Å². The molecule has 0 aliphatic heterocycles. The SMILES string of the molecule is O=C(Cl)c1c(CNNCC(CCl)C(F)Cl)cccc1CNNCC(CCl)C(F)Cl. The molecule has 0 radical (unpaired) electrons. The van der Waals surface area contributed by atoms with Gasteiger partial charge in [0.25, 0.3) is 5.24 Å². The van der Waals surface area contributed by atoms with E-state index in [4.69, 9.17) is 58.0 Å². The van der Waals surface area contributed by atoms with Crippen molar-refractivity contribution in [2.45, 2.75) is 24.4 Å². The molecule has 0 aliphatic carbocycles. The molecule has 0 aliphatic rings. The first kappa shape index (κ1) is 27.1. The number of nitrogens with one attached hydrogen (secondary N) is 4. The van der Waals surface area contributed by atoms with E-state index in [9.17, 15) is 13.6 Å². The zero-order chi connectivity index (χ0) is 21.8. The summed E-state index contributed by atoms with van der Waals surface area (Å²) in [6, 6.07) is 5.25. The maximum absolute atomic E-state index is 13.1. The maximum atomic E-state index is 13.1. The lowest BCUT2D eigenvalue weighted by atomic mass is 10.0. The largest absolute Gasteiger partial charge is 0.276 e. The van der Waals surface area contributed by atoms with Crippen LogP contribution in [0.2, 0.25) is 0 Å². The van der Waals surface area contributed by atoms with E-state index >= 15 is 0 Å². The van der Waals surface area contributed by atoms with Gasteiger partial charge in [0.1, 0.15) is 0 Å². The summed E-state index contributed by atoms with van der Waals surface area (Å²) in [4.78, 5) is 11.9. The highest BCUT2D eigenvalue weighted by atomic mass is 35.5. The predicted molar refractivity (Wildman–Crippen MR) is 116 cm³/mol. The standard InChI is InChI=1S/C17H23Cl5F2N4O/c18-4-12(15(20)23)8-27-25-6-10-2-1-3-11(14(10)17(22)29)7-26-28-9-13(5-19)16(21)24/h1-3,12-13,15-16,25-28H,4-9H2. The van der Waals surface area contributed by atoms with Gasteiger partial charge in [-0.2, -0.15) is 0 Å². The first-order valence-corrected chi connectivity index (χ1v) is 11.0. The van der Waals surface area contributed by atoms with Gasteiger partial charge in [0, 0.05) is 55.3 Å². The number of carbonyl (C=O) groups excluding carboxylic acids is 1. The summed E-state index contributed by atoms with van der Waals surface area (Å²) in [6.45, 7) is 0.934. The molecular weight excluding hydrogens is 491 g/mol. The molecule has 1 aromatic carbocycles. The van der Waals surface area contributed by atoms with E-state index in [0.29, 0.717) is 16.7 Å². The molecule has 4 N–H and O–H groups in total. The fraction of sp³-hybridized carbons (Fsp3) is 0.588. The zero-order valence-electron chi connectivity index (χ0n) is 15.3. The molecule has 0 saturated heterocycles. The molecule has 12 heteroatoms. The summed E-state index contributed by atoms with van der Waals surface area (Å²) in [5, 5.41) is -0.620. The third kappa shape index (κ3) is 9.80. The second-order valence-electron chi connectivity index (χ2n) is 6.19. The summed E-state index contributed by atoms with van der Waals surface area (Å²) >= 11 is 27.9. The molecule has 0 fully saturated rings. The Labute approximate surface area is 194 Å². The molecule has 5 nitrogen and oxygen atoms in total. The number of rotatable bonds is 15. The van der Waals surface area contributed by atoms with Crippen LogP contribution >= 0.6 is 58.0 Å². The molecule has 0 amide bonds. The van der Waals surface area contributed by atoms with Gasteiger partial charge in [-0.25, -0.2) is 8.78 Å². The molecule has 0 bridgehead atoms. The summed E-state index contributed by atoms with van der Waals surface area (Å²) in [7, 11) is 0. The molecule has 4 atom stereocenters. The van der Waals surface area contributed by atoms with Crippen molar-refractivity contribution < 1.29 is 13.6 Å². The Morgan fingerprint density at radius 1 is 0.862 bits per heavy atom. The van der Waals surface area contributed by atoms with Gasteiger partial charge < -0.3 is 0 Å². The van der Waals surface area contributed by atoms with Crippen LogP contribution in [0, 0.1) is 11.8 Å². The smallest absolute Gasteiger partial charge is 0.253 e. The lowest BCUT2D eigenvalue weighted by molar-refractivity contribution is 0.107. The number of hydrazine groups is 2. The Morgan fingerprint density at radius 2 is 1.28 bits per heavy atom. The molecule has 4 unspecified atom stereocenters. The van der Waals surface area contributed by atoms with Gasteiger partial charge in [-0.3, -0.25) is 26.5 Å². The molecule has 0 aromatic heterocycles. The van der Waals surface area contributed by atoms with Crippen molar-refractivity contribution in [1.82, 2.24) is 21.7 Å². The van der Waals surface area contributed by atoms with Crippen LogP contribution in [0.5, 0.6) is 0 Å². The van der Waals surface area contributed by atoms with Crippen molar-refractivity contribution in [1.29, 1.82) is 0 Å². The van der Waals surface area contributed by atoms with E-state index < -0.39 is 28.3 Å². The zero-order valence-corrected chi connectivity index (χ0v) is 19.1. The third-order valence-electron chi connectivity index (χ3n) is 4.08. The minimum Gasteiger partial charge on any atom is -0.276 e. The Hall–Kier alpha value is 0.0400. The van der Waals surface area contributed by atoms with Crippen molar-refractivity contribution in [2.75, 3.05) is 24.8 Å². The maximum Gasteiger partial charge on any atom is 0.253 e. The van der Waals surface area contributed by atoms with E-state index in [-0.39, 0.29) is 37.9 Å². The van der Waals surface area contributed by atoms with Crippen molar-refractivity contribution >= 4 is 63.2 Å². The van der Waals surface area contributed by atoms with Gasteiger partial charge in [0.05, 0.1) is 0 Å². The molecule has 1 aromatic rings. The van der Waals surface area contributed by atoms with E-state index in [1.54, 1.807) is 18.2 Å². The highest BCUT2D eigenvalue weighted by Crippen LogP contribution is 2.18. The topological polar surface area (TPSA) is 65.2 Å². The molecule has 0 saturated carbocycles. The Morgan fingerprint density at radius 3 is 1.59 bits per heavy atom. The number of hydrogen-bond acceptors (Lipinski definition) is 5. The van der Waals surface area contributed by atoms with Crippen LogP contribution in [0.1, 0.15) is 21.5 Å². The second kappa shape index (κ2) is 14.9. The number of hydrogen-bond donors (Lipinski definition) is 4. The average molecular weight is 515 g/mol. The monoisotopic (exact) mass is 512 g/mol. The van der Waals surface area contributed by atoms with Crippen LogP contribution in [-0.4, -0.2) is 41.4 Å². The van der Waals surface area contributed by atoms with Crippen molar-refractivity contribution in [2.24, 2.45) is 11.8 Å². The Bertz CT molecular complexity index is 585. The van der Waals surface area contributed by atoms with Crippen LogP contribution in [0.4, 0.5) is 8.78 Å². The summed E-state index contributed by atoms with van der Waals surface area (Å²) in [5.74, 6) is -0.988. The van der Waals surface area contributed by atoms with Crippen molar-refractivity contribution in [3.63, 3.8) is 0 Å². The van der Waals surface area contributed by atoms with Crippen LogP contribution in [0.25, 0.3) is 0 Å². The first-order valence-electron chi connectivity index (χ1n) is 8.72. The van der Waals surface area contributed by atoms with E-state index in [0.717, 1.165) is 0 Å². The fourth-order valence-corrected chi connectivity index (χ4v) is 3.66. The third-order valence-corrected chi connectivity index (χ3v) is 5.77. The molecule has 0 heterocycles. The van der Waals surface area contributed by atoms with Gasteiger partial charge in [-0.15, -0.1) is 23.2 Å². The summed E-state index contributed by atoms with van der Waals surface area (Å²) in [6.07, 6.45) is 0. The van der Waals surface area contributed by atoms with Gasteiger partial charge in [0.15, 0.2) is 11.3 Å². The lowest BCUT2D eigenvalue weighted by Gasteiger charge is -2.18. The lowest BCUT2D eigenvalue weighted by Crippen LogP contribution is -2.39. The Kier molecular flexibility index (Phi) is 14.0. The quantitative estimate of drug-likeness (QED) is 0.123. The summed E-state index contributed by atoms with van der Waals surface area (Å²) in [5.41, 5.74) is 9.95. The van der Waals surface area contributed by atoms with Gasteiger partial charge in [-0.05, 0) is 22.7 Å². The van der Waals surface area contributed by atoms with Crippen LogP contribution in [-0.2, 0) is 13.1 Å². The van der Waals surface area contributed by atoms with Crippen LogP contribution in [0.3, 0.4) is 0 Å². The highest BCUT2D eigenvalue weighted by molar-refractivity contribution is 6.68. The van der Waals surface area contributed by atoms with E-state index in [2.05, 4.69) is 21.7 Å². The predicted octanol–water partition coefficient (Wildman–Crippen LogP) is 4.03. The number of alkyl halides is 6. The minimum absolute atomic E-state index is 0.0658. The van der Waals surface area contributed by atoms with Gasteiger partial charge in [-0.1, -0.05) is 41.4 Å². The van der Waals surface area contributed by atoms with Crippen molar-refractivity contribution in [3.05, 3.63) is 34.9 Å². The van der Waals surface area contributed by atoms with Gasteiger partial charge in [0.2, 0.25) is 0 Å². The fourth-order valence-electron chi connectivity index (χ4n) is 2.34.